The van der Waals surface area contributed by atoms with Crippen LogP contribution >= 0.6 is 0 Å². The highest BCUT2D eigenvalue weighted by molar-refractivity contribution is 6.23. The summed E-state index contributed by atoms with van der Waals surface area (Å²) < 4.78 is 0. The highest BCUT2D eigenvalue weighted by Gasteiger charge is 2.35. The second-order valence-electron chi connectivity index (χ2n) is 6.36. The van der Waals surface area contributed by atoms with E-state index in [4.69, 9.17) is 5.11 Å². The zero-order valence-electron chi connectivity index (χ0n) is 16.1. The normalized spacial score (nSPS) is 15.4. The Morgan fingerprint density at radius 2 is 1.16 bits per heavy atom. The summed E-state index contributed by atoms with van der Waals surface area (Å²) in [7, 11) is 0. The summed E-state index contributed by atoms with van der Waals surface area (Å²) in [5.74, 6) is -4.71. The molecule has 2 aliphatic heterocycles. The van der Waals surface area contributed by atoms with Crippen molar-refractivity contribution in [3.63, 3.8) is 0 Å². The number of nitrogens with zero attached hydrogens (tertiary/aromatic N) is 2. The van der Waals surface area contributed by atoms with E-state index >= 15 is 0 Å². The van der Waals surface area contributed by atoms with Gasteiger partial charge in [0.1, 0.15) is 6.17 Å². The van der Waals surface area contributed by atoms with Crippen LogP contribution in [0.25, 0.3) is 6.08 Å². The zero-order chi connectivity index (χ0) is 23.4. The molecule has 2 aliphatic rings. The Balaban J connectivity index is 1.84. The second-order valence-corrected chi connectivity index (χ2v) is 6.36. The first kappa shape index (κ1) is 21.8. The predicted octanol–water partition coefficient (Wildman–Crippen LogP) is 0.0522. The van der Waals surface area contributed by atoms with Gasteiger partial charge >= 0.3 is 18.0 Å². The number of amides is 8. The van der Waals surface area contributed by atoms with Crippen molar-refractivity contribution in [2.24, 2.45) is 0 Å². The van der Waals surface area contributed by atoms with E-state index in [0.29, 0.717) is 15.4 Å². The van der Waals surface area contributed by atoms with Crippen LogP contribution in [0.2, 0.25) is 0 Å². The number of rotatable bonds is 5. The first-order chi connectivity index (χ1) is 15.2. The van der Waals surface area contributed by atoms with Crippen LogP contribution in [-0.4, -0.2) is 56.6 Å². The minimum Gasteiger partial charge on any atom is -0.478 e. The van der Waals surface area contributed by atoms with Gasteiger partial charge in [-0.1, -0.05) is 24.3 Å². The Bertz CT molecular complexity index is 1040. The summed E-state index contributed by atoms with van der Waals surface area (Å²) in [6, 6.07) is 3.49. The Labute approximate surface area is 179 Å². The number of carbonyl (C=O) groups is 7. The van der Waals surface area contributed by atoms with Gasteiger partial charge in [-0.05, 0) is 17.2 Å². The summed E-state index contributed by atoms with van der Waals surface area (Å²) in [6.07, 6.45) is 4.43. The van der Waals surface area contributed by atoms with E-state index in [2.05, 4.69) is 10.6 Å². The molecule has 0 aromatic heterocycles. The minimum atomic E-state index is -1.37. The average Bonchev–Trinajstić information content (AvgIpc) is 3.26. The van der Waals surface area contributed by atoms with Gasteiger partial charge in [-0.15, -0.1) is 0 Å². The summed E-state index contributed by atoms with van der Waals surface area (Å²) in [5, 5.41) is 13.3. The lowest BCUT2D eigenvalue weighted by atomic mass is 10.1. The topological polar surface area (TPSA) is 170 Å². The third-order valence-electron chi connectivity index (χ3n) is 4.25. The zero-order valence-corrected chi connectivity index (χ0v) is 16.1. The fraction of sp³-hybridized carbons (Fsp3) is 0.0500. The molecule has 8 amide bonds. The van der Waals surface area contributed by atoms with Crippen LogP contribution in [0.15, 0.2) is 54.6 Å². The lowest BCUT2D eigenvalue weighted by Gasteiger charge is -2.24. The fourth-order valence-corrected chi connectivity index (χ4v) is 2.75. The molecular formula is C20H14N4O8. The molecule has 0 spiro atoms. The number of carbonyl (C=O) groups excluding carboxylic acids is 6. The van der Waals surface area contributed by atoms with Gasteiger partial charge in [-0.2, -0.15) is 9.80 Å². The standard InChI is InChI=1S/C20H14N4O8/c25-13-6-7-14(26)23(13)19(31)21-18(22-20(32)24-15(27)8-9-16(24)28)12-4-1-11(2-5-12)3-10-17(29)30/h1-10,18H,(H,21,31)(H,22,32)(H,29,30). The molecule has 3 N–H and O–H groups in total. The van der Waals surface area contributed by atoms with E-state index in [1.165, 1.54) is 30.3 Å². The number of imide groups is 6. The van der Waals surface area contributed by atoms with Gasteiger partial charge in [0.25, 0.3) is 23.6 Å². The molecule has 0 aliphatic carbocycles. The van der Waals surface area contributed by atoms with Gasteiger partial charge in [0, 0.05) is 30.4 Å². The van der Waals surface area contributed by atoms with Crippen molar-refractivity contribution >= 4 is 47.7 Å². The summed E-state index contributed by atoms with van der Waals surface area (Å²) >= 11 is 0. The Hall–Kier alpha value is -4.87. The Morgan fingerprint density at radius 1 is 0.750 bits per heavy atom. The highest BCUT2D eigenvalue weighted by Crippen LogP contribution is 2.16. The van der Waals surface area contributed by atoms with Crippen molar-refractivity contribution < 1.29 is 38.7 Å². The smallest absolute Gasteiger partial charge is 0.333 e. The molecule has 0 fully saturated rings. The molecule has 0 atom stereocenters. The number of urea groups is 2. The number of carboxylic acids is 1. The van der Waals surface area contributed by atoms with Crippen molar-refractivity contribution in [2.75, 3.05) is 0 Å². The van der Waals surface area contributed by atoms with Gasteiger partial charge in [-0.3, -0.25) is 19.2 Å². The third-order valence-corrected chi connectivity index (χ3v) is 4.25. The molecule has 12 heteroatoms. The molecule has 1 aromatic carbocycles. The number of aliphatic carboxylic acids is 1. The van der Waals surface area contributed by atoms with E-state index in [0.717, 1.165) is 30.4 Å². The minimum absolute atomic E-state index is 0.235. The van der Waals surface area contributed by atoms with Crippen molar-refractivity contribution in [2.45, 2.75) is 6.17 Å². The largest absolute Gasteiger partial charge is 0.478 e. The average molecular weight is 438 g/mol. The van der Waals surface area contributed by atoms with Crippen LogP contribution < -0.4 is 10.6 Å². The van der Waals surface area contributed by atoms with Gasteiger partial charge in [0.05, 0.1) is 0 Å². The number of nitrogens with one attached hydrogen (secondary N) is 2. The van der Waals surface area contributed by atoms with Crippen LogP contribution in [-0.2, 0) is 24.0 Å². The number of hydrogen-bond donors (Lipinski definition) is 3. The van der Waals surface area contributed by atoms with Crippen LogP contribution in [0, 0.1) is 0 Å². The van der Waals surface area contributed by atoms with E-state index in [1.807, 2.05) is 0 Å². The molecule has 32 heavy (non-hydrogen) atoms. The van der Waals surface area contributed by atoms with Crippen LogP contribution in [0.3, 0.4) is 0 Å². The summed E-state index contributed by atoms with van der Waals surface area (Å²) in [5.41, 5.74) is 0.717. The highest BCUT2D eigenvalue weighted by atomic mass is 16.4. The molecule has 12 nitrogen and oxygen atoms in total. The van der Waals surface area contributed by atoms with E-state index in [1.54, 1.807) is 0 Å². The fourth-order valence-electron chi connectivity index (χ4n) is 2.75. The van der Waals surface area contributed by atoms with Crippen LogP contribution in [0.1, 0.15) is 17.3 Å². The SMILES string of the molecule is O=C(O)C=Cc1ccc(C(NC(=O)N2C(=O)C=CC2=O)NC(=O)N2C(=O)C=CC2=O)cc1. The van der Waals surface area contributed by atoms with Gasteiger partial charge < -0.3 is 15.7 Å². The number of benzene rings is 1. The molecule has 2 heterocycles. The maximum Gasteiger partial charge on any atom is 0.333 e. The summed E-state index contributed by atoms with van der Waals surface area (Å²) in [4.78, 5) is 83.2. The van der Waals surface area contributed by atoms with Crippen molar-refractivity contribution in [3.8, 4) is 0 Å². The quantitative estimate of drug-likeness (QED) is 0.329. The van der Waals surface area contributed by atoms with Gasteiger partial charge in [0.15, 0.2) is 0 Å². The predicted molar refractivity (Wildman–Crippen MR) is 105 cm³/mol. The number of hydrogen-bond acceptors (Lipinski definition) is 7. The first-order valence-corrected chi connectivity index (χ1v) is 8.91. The van der Waals surface area contributed by atoms with Gasteiger partial charge in [-0.25, -0.2) is 14.4 Å². The molecular weight excluding hydrogens is 424 g/mol. The lowest BCUT2D eigenvalue weighted by molar-refractivity contribution is -0.134. The summed E-state index contributed by atoms with van der Waals surface area (Å²) in [6.45, 7) is 0. The maximum absolute atomic E-state index is 12.5. The molecule has 3 rings (SSSR count). The molecule has 0 saturated heterocycles. The van der Waals surface area contributed by atoms with Crippen molar-refractivity contribution in [1.82, 2.24) is 20.4 Å². The second kappa shape index (κ2) is 8.87. The molecule has 0 bridgehead atoms. The van der Waals surface area contributed by atoms with Gasteiger partial charge in [0.2, 0.25) is 0 Å². The van der Waals surface area contributed by atoms with E-state index in [9.17, 15) is 33.6 Å². The van der Waals surface area contributed by atoms with Crippen molar-refractivity contribution in [1.29, 1.82) is 0 Å². The van der Waals surface area contributed by atoms with Crippen LogP contribution in [0.4, 0.5) is 9.59 Å². The molecule has 0 unspecified atom stereocenters. The maximum atomic E-state index is 12.5. The van der Waals surface area contributed by atoms with E-state index < -0.39 is 47.8 Å². The molecule has 0 radical (unpaired) electrons. The van der Waals surface area contributed by atoms with Crippen molar-refractivity contribution in [3.05, 3.63) is 65.8 Å². The lowest BCUT2D eigenvalue weighted by Crippen LogP contribution is -2.52. The number of carboxylic acid groups (broad SMARTS) is 1. The monoisotopic (exact) mass is 438 g/mol. The third kappa shape index (κ3) is 4.64. The molecule has 1 aromatic rings. The first-order valence-electron chi connectivity index (χ1n) is 8.91. The molecule has 162 valence electrons. The Morgan fingerprint density at radius 3 is 1.53 bits per heavy atom. The Kier molecular flexibility index (Phi) is 6.05. The van der Waals surface area contributed by atoms with E-state index in [-0.39, 0.29) is 5.56 Å². The molecule has 0 saturated carbocycles. The van der Waals surface area contributed by atoms with Crippen LogP contribution in [0.5, 0.6) is 0 Å².